The van der Waals surface area contributed by atoms with Gasteiger partial charge in [0.2, 0.25) is 0 Å². The Balaban J connectivity index is 1.52. The fourth-order valence-electron chi connectivity index (χ4n) is 8.60. The molecule has 2 heteroatoms. The molecule has 0 radical (unpaired) electrons. The first-order valence-electron chi connectivity index (χ1n) is 16.6. The lowest BCUT2D eigenvalue weighted by molar-refractivity contribution is 1.19. The molecule has 0 aliphatic carbocycles. The highest BCUT2D eigenvalue weighted by molar-refractivity contribution is 6.45. The Morgan fingerprint density at radius 3 is 1.38 bits per heavy atom. The van der Waals surface area contributed by atoms with Crippen LogP contribution in [0.15, 0.2) is 170 Å². The SMILES string of the molecule is c1ccc(-n2c3ccccc3c3c4c(c5ccccc5c32)c2ccccc2c2c4c3ccccc3n2-c2cccc3ccccc23)cc1. The minimum atomic E-state index is 1.17. The van der Waals surface area contributed by atoms with Crippen molar-refractivity contribution in [3.05, 3.63) is 170 Å². The van der Waals surface area contributed by atoms with Crippen molar-refractivity contribution in [2.24, 2.45) is 0 Å². The summed E-state index contributed by atoms with van der Waals surface area (Å²) < 4.78 is 5.02. The van der Waals surface area contributed by atoms with E-state index in [1.54, 1.807) is 0 Å². The second-order valence-electron chi connectivity index (χ2n) is 12.8. The van der Waals surface area contributed by atoms with Crippen LogP contribution in [0, 0.1) is 0 Å². The van der Waals surface area contributed by atoms with Gasteiger partial charge in [-0.1, -0.05) is 140 Å². The van der Waals surface area contributed by atoms with Crippen LogP contribution in [-0.4, -0.2) is 9.13 Å². The lowest BCUT2D eigenvalue weighted by Gasteiger charge is -2.17. The molecule has 0 saturated carbocycles. The zero-order chi connectivity index (χ0) is 31.3. The van der Waals surface area contributed by atoms with Gasteiger partial charge in [0, 0.05) is 48.8 Å². The Morgan fingerprint density at radius 2 is 0.729 bits per heavy atom. The Bertz CT molecular complexity index is 3100. The first kappa shape index (κ1) is 25.8. The number of benzene rings is 9. The van der Waals surface area contributed by atoms with Crippen LogP contribution in [0.25, 0.3) is 98.1 Å². The lowest BCUT2D eigenvalue weighted by Crippen LogP contribution is -1.97. The Labute approximate surface area is 276 Å². The number of para-hydroxylation sites is 3. The standard InChI is InChI=1S/C46H28N2/c1-2-17-30(18-3-1)47-39-26-12-10-24-36(39)42-44-41(32-20-6-8-22-34(32)45(42)47)33-21-7-9-23-35(33)46-43(44)37-25-11-13-27-40(37)48(46)38-28-14-16-29-15-4-5-19-31(29)38/h1-28H. The first-order valence-corrected chi connectivity index (χ1v) is 16.6. The van der Waals surface area contributed by atoms with Gasteiger partial charge in [-0.2, -0.15) is 0 Å². The molecule has 2 heterocycles. The highest BCUT2D eigenvalue weighted by atomic mass is 15.0. The van der Waals surface area contributed by atoms with Crippen molar-refractivity contribution in [1.82, 2.24) is 9.13 Å². The van der Waals surface area contributed by atoms with Crippen LogP contribution in [0.4, 0.5) is 0 Å². The van der Waals surface area contributed by atoms with E-state index in [4.69, 9.17) is 0 Å². The van der Waals surface area contributed by atoms with Gasteiger partial charge in [0.05, 0.1) is 27.8 Å². The molecule has 2 nitrogen and oxygen atoms in total. The van der Waals surface area contributed by atoms with Crippen molar-refractivity contribution in [3.63, 3.8) is 0 Å². The van der Waals surface area contributed by atoms with E-state index in [2.05, 4.69) is 179 Å². The van der Waals surface area contributed by atoms with Crippen molar-refractivity contribution in [2.75, 3.05) is 0 Å². The average molecular weight is 609 g/mol. The summed E-state index contributed by atoms with van der Waals surface area (Å²) in [5.41, 5.74) is 7.31. The number of hydrogen-bond acceptors (Lipinski definition) is 0. The van der Waals surface area contributed by atoms with Crippen LogP contribution < -0.4 is 0 Å². The third-order valence-corrected chi connectivity index (χ3v) is 10.4. The zero-order valence-electron chi connectivity index (χ0n) is 26.1. The van der Waals surface area contributed by atoms with Gasteiger partial charge in [-0.3, -0.25) is 0 Å². The molecule has 0 spiro atoms. The summed E-state index contributed by atoms with van der Waals surface area (Å²) in [6.07, 6.45) is 0. The van der Waals surface area contributed by atoms with Gasteiger partial charge in [-0.05, 0) is 51.9 Å². The van der Waals surface area contributed by atoms with E-state index in [0.717, 1.165) is 0 Å². The third-order valence-electron chi connectivity index (χ3n) is 10.4. The second kappa shape index (κ2) is 9.57. The average Bonchev–Trinajstić information content (AvgIpc) is 3.69. The molecule has 0 amide bonds. The van der Waals surface area contributed by atoms with Crippen LogP contribution in [0.5, 0.6) is 0 Å². The second-order valence-corrected chi connectivity index (χ2v) is 12.8. The van der Waals surface area contributed by atoms with Gasteiger partial charge in [0.25, 0.3) is 0 Å². The molecule has 11 aromatic rings. The van der Waals surface area contributed by atoms with Gasteiger partial charge in [0.1, 0.15) is 0 Å². The molecule has 0 fully saturated rings. The first-order chi connectivity index (χ1) is 23.9. The van der Waals surface area contributed by atoms with E-state index in [-0.39, 0.29) is 0 Å². The van der Waals surface area contributed by atoms with E-state index < -0.39 is 0 Å². The molecule has 2 aromatic heterocycles. The molecular formula is C46H28N2. The molecule has 0 bridgehead atoms. The number of hydrogen-bond donors (Lipinski definition) is 0. The van der Waals surface area contributed by atoms with Gasteiger partial charge >= 0.3 is 0 Å². The van der Waals surface area contributed by atoms with E-state index in [1.165, 1.54) is 98.1 Å². The maximum atomic E-state index is 2.53. The van der Waals surface area contributed by atoms with Crippen LogP contribution in [-0.2, 0) is 0 Å². The summed E-state index contributed by atoms with van der Waals surface area (Å²) in [6.45, 7) is 0. The normalized spacial score (nSPS) is 12.2. The molecule has 0 saturated heterocycles. The van der Waals surface area contributed by atoms with Crippen molar-refractivity contribution < 1.29 is 0 Å². The van der Waals surface area contributed by atoms with Crippen LogP contribution in [0.3, 0.4) is 0 Å². The molecule has 0 aliphatic rings. The topological polar surface area (TPSA) is 9.86 Å². The highest BCUT2D eigenvalue weighted by Gasteiger charge is 2.25. The molecule has 0 aliphatic heterocycles. The summed E-state index contributed by atoms with van der Waals surface area (Å²) in [7, 11) is 0. The predicted octanol–water partition coefficient (Wildman–Crippen LogP) is 12.5. The predicted molar refractivity (Wildman–Crippen MR) is 205 cm³/mol. The Hall–Kier alpha value is -6.38. The van der Waals surface area contributed by atoms with E-state index in [9.17, 15) is 0 Å². The minimum Gasteiger partial charge on any atom is -0.309 e. The molecule has 222 valence electrons. The Morgan fingerprint density at radius 1 is 0.271 bits per heavy atom. The van der Waals surface area contributed by atoms with Crippen LogP contribution in [0.1, 0.15) is 0 Å². The van der Waals surface area contributed by atoms with Gasteiger partial charge in [0.15, 0.2) is 0 Å². The molecule has 0 atom stereocenters. The quantitative estimate of drug-likeness (QED) is 0.173. The van der Waals surface area contributed by atoms with E-state index >= 15 is 0 Å². The monoisotopic (exact) mass is 608 g/mol. The lowest BCUT2D eigenvalue weighted by atomic mass is 9.89. The van der Waals surface area contributed by atoms with Crippen molar-refractivity contribution in [2.45, 2.75) is 0 Å². The summed E-state index contributed by atoms with van der Waals surface area (Å²) in [4.78, 5) is 0. The fourth-order valence-corrected chi connectivity index (χ4v) is 8.60. The number of aromatic nitrogens is 2. The zero-order valence-corrected chi connectivity index (χ0v) is 26.1. The smallest absolute Gasteiger partial charge is 0.0626 e. The molecular weight excluding hydrogens is 581 g/mol. The maximum absolute atomic E-state index is 2.53. The summed E-state index contributed by atoms with van der Waals surface area (Å²) in [6, 6.07) is 62.3. The van der Waals surface area contributed by atoms with E-state index in [0.29, 0.717) is 0 Å². The summed E-state index contributed by atoms with van der Waals surface area (Å²) >= 11 is 0. The Kier molecular flexibility index (Phi) is 5.14. The minimum absolute atomic E-state index is 1.17. The number of nitrogens with zero attached hydrogens (tertiary/aromatic N) is 2. The van der Waals surface area contributed by atoms with Gasteiger partial charge in [-0.25, -0.2) is 0 Å². The van der Waals surface area contributed by atoms with Crippen molar-refractivity contribution in [3.8, 4) is 11.4 Å². The molecule has 0 N–H and O–H groups in total. The molecule has 11 rings (SSSR count). The van der Waals surface area contributed by atoms with Crippen molar-refractivity contribution in [1.29, 1.82) is 0 Å². The summed E-state index contributed by atoms with van der Waals surface area (Å²) in [5, 5.41) is 15.4. The summed E-state index contributed by atoms with van der Waals surface area (Å²) in [5.74, 6) is 0. The van der Waals surface area contributed by atoms with Crippen LogP contribution >= 0.6 is 0 Å². The third kappa shape index (κ3) is 3.26. The van der Waals surface area contributed by atoms with Gasteiger partial charge in [-0.15, -0.1) is 0 Å². The molecule has 48 heavy (non-hydrogen) atoms. The van der Waals surface area contributed by atoms with E-state index in [1.807, 2.05) is 0 Å². The molecule has 9 aromatic carbocycles. The fraction of sp³-hybridized carbons (Fsp3) is 0. The largest absolute Gasteiger partial charge is 0.309 e. The number of fused-ring (bicyclic) bond motifs is 16. The van der Waals surface area contributed by atoms with Gasteiger partial charge < -0.3 is 9.13 Å². The molecule has 0 unspecified atom stereocenters. The highest BCUT2D eigenvalue weighted by Crippen LogP contribution is 2.50. The number of rotatable bonds is 2. The maximum Gasteiger partial charge on any atom is 0.0626 e. The van der Waals surface area contributed by atoms with Crippen molar-refractivity contribution >= 4 is 86.7 Å². The van der Waals surface area contributed by atoms with Crippen LogP contribution in [0.2, 0.25) is 0 Å².